The van der Waals surface area contributed by atoms with Gasteiger partial charge >= 0.3 is 18.3 Å². The van der Waals surface area contributed by atoms with Crippen LogP contribution in [0.5, 0.6) is 23.4 Å². The average Bonchev–Trinajstić information content (AvgIpc) is 1.72. The molecule has 18 atom stereocenters. The molecular formula is C95H116F8N9O16V3-3. The molecule has 0 spiro atoms. The number of carbonyl (C=O) groups excluding carboxylic acids is 9. The molecule has 6 fully saturated rings. The van der Waals surface area contributed by atoms with Crippen LogP contribution >= 0.6 is 0 Å². The number of benzene rings is 3. The number of amides is 6. The van der Waals surface area contributed by atoms with Gasteiger partial charge in [0.25, 0.3) is 17.8 Å². The molecule has 6 aliphatic heterocycles. The first-order chi connectivity index (χ1) is 60.3. The number of alkyl halides is 6. The summed E-state index contributed by atoms with van der Waals surface area (Å²) >= 11 is 0. The van der Waals surface area contributed by atoms with Crippen molar-refractivity contribution in [3.63, 3.8) is 0 Å². The van der Waals surface area contributed by atoms with E-state index in [1.807, 2.05) is 60.4 Å². The van der Waals surface area contributed by atoms with E-state index in [9.17, 15) is 51.9 Å². The van der Waals surface area contributed by atoms with Crippen molar-refractivity contribution in [2.75, 3.05) is 26.2 Å². The van der Waals surface area contributed by atoms with Crippen LogP contribution in [0.3, 0.4) is 0 Å². The Labute approximate surface area is 794 Å². The van der Waals surface area contributed by atoms with Crippen LogP contribution in [0.4, 0.5) is 49.5 Å². The molecule has 25 nitrogen and oxygen atoms in total. The Hall–Kier alpha value is -8.49. The smallest absolute Gasteiger partial charge is 0.408 e. The minimum Gasteiger partial charge on any atom is -0.540 e. The van der Waals surface area contributed by atoms with Crippen LogP contribution in [0.1, 0.15) is 223 Å². The van der Waals surface area contributed by atoms with Crippen LogP contribution in [0.2, 0.25) is 0 Å². The van der Waals surface area contributed by atoms with Crippen LogP contribution in [-0.4, -0.2) is 183 Å². The fourth-order valence-corrected chi connectivity index (χ4v) is 18.7. The molecular weight excluding hydrogens is 1830 g/mol. The van der Waals surface area contributed by atoms with Crippen LogP contribution in [0.25, 0.3) is 32.7 Å². The number of nitrogens with zero attached hydrogens (tertiary/aromatic N) is 6. The van der Waals surface area contributed by atoms with Crippen molar-refractivity contribution in [2.24, 2.45) is 51.8 Å². The second-order valence-electron chi connectivity index (χ2n) is 39.3. The summed E-state index contributed by atoms with van der Waals surface area (Å²) in [5.74, 6) is -14.5. The molecule has 15 rings (SSSR count). The number of halogens is 8. The number of carbonyl (C=O) groups is 6. The first kappa shape index (κ1) is 105. The van der Waals surface area contributed by atoms with Gasteiger partial charge in [-0.25, -0.2) is 83.3 Å². The zero-order valence-corrected chi connectivity index (χ0v) is 80.4. The minimum absolute atomic E-state index is 0. The van der Waals surface area contributed by atoms with Crippen LogP contribution in [0, 0.1) is 63.4 Å². The molecule has 6 bridgehead atoms. The van der Waals surface area contributed by atoms with Gasteiger partial charge < -0.3 is 78.2 Å². The van der Waals surface area contributed by atoms with Gasteiger partial charge in [-0.05, 0) is 172 Å². The number of fused-ring (bicyclic) bond motifs is 15. The van der Waals surface area contributed by atoms with E-state index in [-0.39, 0.29) is 159 Å². The molecule has 36 heteroatoms. The van der Waals surface area contributed by atoms with Crippen LogP contribution in [0.15, 0.2) is 72.8 Å². The van der Waals surface area contributed by atoms with Gasteiger partial charge in [0, 0.05) is 115 Å². The van der Waals surface area contributed by atoms with E-state index in [4.69, 9.17) is 33.2 Å². The third-order valence-electron chi connectivity index (χ3n) is 26.6. The summed E-state index contributed by atoms with van der Waals surface area (Å²) in [5.41, 5.74) is -3.38. The standard InChI is InChI=1S/C34H44F2N3O6.C31H37F3N3O5.C30H35F3N3O5.3V/c1-7-23-26(19-40)39-18-27(23)44-29-24(15-20-12-13-22(43-8-2)16-25(20)37-29)34(35,36)14-10-9-11-21-17-33(21,6)45-31(42)38-28(30(39)41)32(3,4)5;1-5-20-23(16-38)37-15-25(20)41-27-21(12-17-9-10-19(32)14-22(17)35-27)31(33,34)11-7-6-8-18-13-24(18)42-29(40)36-26(28(37)39)30(2,3)4;1-16-22(15-37)36-14-24(16)40-26-20(11-17-8-9-19(31)13-21(17)34-26)30(32,33)10-6-5-7-18-12-23(18)41-28(39)35-25(27(36)38)29(2,3)4;;;/h12-13,15-16,21,23,26-28H,7-11,14,17-18H2,1-6H3,(H,38,42);9-10,12,14,18,20,23-26H,5-8,11,13,15H2,1-4H3,(H,36,40);8-9,11,13,16,18,22-25H,5-7,10,12,14H2,1-4H3,(H,35,39);;;/q3*-1;;;/t21-,23+,26-,27+,28-,33-;18-,20+,23-,24-,25+,26-;16-,18+,22+,23+,24-,25+;;;/m110.../s1. The summed E-state index contributed by atoms with van der Waals surface area (Å²) in [7, 11) is 0. The molecule has 0 unspecified atom stereocenters. The summed E-state index contributed by atoms with van der Waals surface area (Å²) in [5, 5.41) is 9.38. The van der Waals surface area contributed by atoms with Gasteiger partial charge in [-0.3, -0.25) is 14.4 Å². The molecule has 6 aromatic rings. The number of ether oxygens (including phenoxy) is 7. The van der Waals surface area contributed by atoms with Crippen molar-refractivity contribution in [1.29, 1.82) is 0 Å². The number of nitrogens with one attached hydrogen (secondary N) is 3. The number of pyridine rings is 3. The van der Waals surface area contributed by atoms with E-state index in [0.29, 0.717) is 105 Å². The SMILES string of the molecule is CCOc1ccc2cc3c(nc2c1)O[C@H]1CN(C(=O)[C@H](C(C)(C)C)NC(=O)O[C@]2(C)C[C@H]2CCCCC3(F)F)[C@H]([C-]=O)[C@@H]1CC.CC[C@@H]1[C@@H]2CN(C(=O)[C@H](C(C)(C)C)NC(=O)O[C@@H]3C[C@H]3CCCCC(F)(F)c3cc4ccc(F)cc4nc3O2)[C@@H]1[C-]=O.C[C@@H]1[C@@H]2CN(C(=O)[C@H](C(C)(C)C)NC(=O)O[C@@H]3C[C@H]3CCCCC(F)(F)c3cc4ccc(F)cc4nc3O2)[C@@H]1[C-]=O.[V].[V].[V]. The maximum Gasteiger partial charge on any atom is 0.408 e. The predicted molar refractivity (Wildman–Crippen MR) is 456 cm³/mol. The van der Waals surface area contributed by atoms with Crippen LogP contribution < -0.4 is 34.9 Å². The van der Waals surface area contributed by atoms with Gasteiger partial charge in [-0.1, -0.05) is 133 Å². The van der Waals surface area contributed by atoms with Crippen molar-refractivity contribution >= 4 is 87.6 Å². The monoisotopic (exact) mass is 1940 g/mol. The molecule has 3 aromatic heterocycles. The van der Waals surface area contributed by atoms with E-state index in [0.717, 1.165) is 12.1 Å². The first-order valence-electron chi connectivity index (χ1n) is 44.7. The van der Waals surface area contributed by atoms with Crippen molar-refractivity contribution in [3.8, 4) is 23.4 Å². The fourth-order valence-electron chi connectivity index (χ4n) is 18.7. The Morgan fingerprint density at radius 1 is 0.458 bits per heavy atom. The van der Waals surface area contributed by atoms with Crippen LogP contribution in [-0.2, 0) is 116 Å². The molecule has 3 radical (unpaired) electrons. The fraction of sp³-hybridized carbons (Fsp3) is 0.621. The molecule has 3 saturated carbocycles. The van der Waals surface area contributed by atoms with E-state index < -0.39 is 190 Å². The Bertz CT molecular complexity index is 5160. The number of hydrogen-bond acceptors (Lipinski definition) is 19. The maximum absolute atomic E-state index is 16.1. The summed E-state index contributed by atoms with van der Waals surface area (Å²) in [4.78, 5) is 134. The normalized spacial score (nSPS) is 29.8. The van der Waals surface area contributed by atoms with Crippen molar-refractivity contribution in [1.82, 2.24) is 45.6 Å². The number of aromatic nitrogens is 3. The summed E-state index contributed by atoms with van der Waals surface area (Å²) in [6.07, 6.45) is 5.88. The van der Waals surface area contributed by atoms with E-state index in [1.54, 1.807) is 73.6 Å². The minimum atomic E-state index is -3.31. The molecule has 711 valence electrons. The Morgan fingerprint density at radius 2 is 0.809 bits per heavy atom. The van der Waals surface area contributed by atoms with E-state index >= 15 is 26.3 Å². The van der Waals surface area contributed by atoms with Gasteiger partial charge in [0.15, 0.2) is 0 Å². The molecule has 131 heavy (non-hydrogen) atoms. The second-order valence-corrected chi connectivity index (χ2v) is 39.3. The molecule has 6 amide bonds. The van der Waals surface area contributed by atoms with Crippen molar-refractivity contribution in [2.45, 2.75) is 296 Å². The molecule has 3 saturated heterocycles. The van der Waals surface area contributed by atoms with Gasteiger partial charge in [-0.15, -0.1) is 0 Å². The molecule has 3 N–H and O–H groups in total. The molecule has 9 heterocycles. The molecule has 9 aliphatic rings. The third-order valence-corrected chi connectivity index (χ3v) is 26.6. The number of rotatable bonds is 7. The van der Waals surface area contributed by atoms with Crippen molar-refractivity contribution < 1.29 is 167 Å². The topological polar surface area (TPSA) is 303 Å². The van der Waals surface area contributed by atoms with E-state index in [2.05, 4.69) is 30.9 Å². The quantitative estimate of drug-likeness (QED) is 0.0760. The maximum atomic E-state index is 16.1. The van der Waals surface area contributed by atoms with E-state index in [1.165, 1.54) is 57.2 Å². The van der Waals surface area contributed by atoms with Gasteiger partial charge in [0.1, 0.15) is 71.6 Å². The predicted octanol–water partition coefficient (Wildman–Crippen LogP) is 17.2. The largest absolute Gasteiger partial charge is 0.540 e. The Kier molecular flexibility index (Phi) is 33.4. The Balaban J connectivity index is 0.000000202. The number of hydrogen-bond donors (Lipinski definition) is 3. The zero-order valence-electron chi connectivity index (χ0n) is 76.2. The average molecular weight is 1940 g/mol. The summed E-state index contributed by atoms with van der Waals surface area (Å²) in [6.45, 7) is 25.3. The first-order valence-corrected chi connectivity index (χ1v) is 44.7. The summed E-state index contributed by atoms with van der Waals surface area (Å²) in [6, 6.07) is 10.4. The van der Waals surface area contributed by atoms with Gasteiger partial charge in [-0.2, -0.15) is 0 Å². The zero-order chi connectivity index (χ0) is 92.8. The van der Waals surface area contributed by atoms with Gasteiger partial charge in [0.05, 0.1) is 59.5 Å². The Morgan fingerprint density at radius 3 is 1.18 bits per heavy atom. The third kappa shape index (κ3) is 23.9. The molecule has 3 aliphatic carbocycles. The summed E-state index contributed by atoms with van der Waals surface area (Å²) < 4.78 is 164. The second kappa shape index (κ2) is 41.8. The number of alkyl carbamates (subject to hydrolysis) is 3. The van der Waals surface area contributed by atoms with Crippen molar-refractivity contribution in [3.05, 3.63) is 101 Å². The van der Waals surface area contributed by atoms with Gasteiger partial charge in [0.2, 0.25) is 35.4 Å². The molecule has 3 aromatic carbocycles.